The lowest BCUT2D eigenvalue weighted by molar-refractivity contribution is 0.573. The van der Waals surface area contributed by atoms with E-state index in [4.69, 9.17) is 0 Å². The van der Waals surface area contributed by atoms with Crippen LogP contribution in [0.25, 0.3) is 11.2 Å². The molecule has 2 aromatic heterocycles. The fourth-order valence-corrected chi connectivity index (χ4v) is 2.96. The molecule has 0 saturated carbocycles. The summed E-state index contributed by atoms with van der Waals surface area (Å²) in [5, 5.41) is 6.53. The minimum absolute atomic E-state index is 0.101. The van der Waals surface area contributed by atoms with E-state index in [1.807, 2.05) is 4.57 Å². The Morgan fingerprint density at radius 1 is 1.28 bits per heavy atom. The van der Waals surface area contributed by atoms with Gasteiger partial charge in [0, 0.05) is 39.8 Å². The van der Waals surface area contributed by atoms with Crippen LogP contribution in [0.1, 0.15) is 20.3 Å². The van der Waals surface area contributed by atoms with Gasteiger partial charge in [0.05, 0.1) is 6.54 Å². The summed E-state index contributed by atoms with van der Waals surface area (Å²) in [6.45, 7) is 8.57. The van der Waals surface area contributed by atoms with E-state index in [2.05, 4.69) is 44.3 Å². The maximum Gasteiger partial charge on any atom is 0.281 e. The van der Waals surface area contributed by atoms with E-state index >= 15 is 0 Å². The molecule has 3 rings (SSSR count). The summed E-state index contributed by atoms with van der Waals surface area (Å²) in [4.78, 5) is 24.4. The molecule has 2 aromatic rings. The third kappa shape index (κ3) is 3.33. The Bertz CT molecular complexity index is 865. The number of nitrogens with zero attached hydrogens (tertiary/aromatic N) is 5. The number of piperazine rings is 1. The molecule has 1 aliphatic heterocycles. The summed E-state index contributed by atoms with van der Waals surface area (Å²) in [7, 11) is 1.74. The number of nitrogens with one attached hydrogen (secondary N) is 2. The Kier molecular flexibility index (Phi) is 5.24. The molecule has 0 aliphatic carbocycles. The molecule has 1 aliphatic rings. The van der Waals surface area contributed by atoms with Crippen molar-refractivity contribution in [3.63, 3.8) is 0 Å². The third-order valence-corrected chi connectivity index (χ3v) is 4.31. The van der Waals surface area contributed by atoms with Gasteiger partial charge in [-0.3, -0.25) is 13.9 Å². The quantitative estimate of drug-likeness (QED) is 0.765. The largest absolute Gasteiger partial charge is 0.356 e. The molecule has 25 heavy (non-hydrogen) atoms. The van der Waals surface area contributed by atoms with Crippen LogP contribution in [0.5, 0.6) is 0 Å². The van der Waals surface area contributed by atoms with Gasteiger partial charge in [-0.2, -0.15) is 9.97 Å². The normalized spacial score (nSPS) is 14.4. The highest BCUT2D eigenvalue weighted by molar-refractivity contribution is 5.75. The van der Waals surface area contributed by atoms with Crippen molar-refractivity contribution in [2.45, 2.75) is 26.8 Å². The van der Waals surface area contributed by atoms with Gasteiger partial charge in [-0.25, -0.2) is 0 Å². The van der Waals surface area contributed by atoms with Gasteiger partial charge in [-0.05, 0) is 13.3 Å². The van der Waals surface area contributed by atoms with Crippen LogP contribution in [0.2, 0.25) is 0 Å². The number of aromatic nitrogens is 4. The highest BCUT2D eigenvalue weighted by atomic mass is 16.1. The fourth-order valence-electron chi connectivity index (χ4n) is 2.96. The number of hydrogen-bond acceptors (Lipinski definition) is 6. The average molecular weight is 343 g/mol. The van der Waals surface area contributed by atoms with Crippen molar-refractivity contribution in [3.8, 4) is 11.8 Å². The molecule has 0 spiro atoms. The summed E-state index contributed by atoms with van der Waals surface area (Å²) < 4.78 is 3.45. The van der Waals surface area contributed by atoms with Crippen LogP contribution in [0.4, 0.5) is 11.9 Å². The first-order chi connectivity index (χ1) is 12.2. The lowest BCUT2D eigenvalue weighted by Gasteiger charge is -2.28. The standard InChI is InChI=1S/C17H25N7O/c1-4-6-10-24-13-14(21-17(24)23-11-8-18-9-12-23)20-16(19-7-5-2)22(3)15(13)25/h18H,5,7-12H2,1-3H3,(H,19,20). The number of fused-ring (bicyclic) bond motifs is 1. The van der Waals surface area contributed by atoms with E-state index in [0.717, 1.165) is 45.1 Å². The van der Waals surface area contributed by atoms with Crippen molar-refractivity contribution in [1.29, 1.82) is 0 Å². The van der Waals surface area contributed by atoms with Crippen LogP contribution in [0.15, 0.2) is 4.79 Å². The van der Waals surface area contributed by atoms with Gasteiger partial charge in [-0.1, -0.05) is 12.8 Å². The summed E-state index contributed by atoms with van der Waals surface area (Å²) in [6, 6.07) is 0. The second-order valence-electron chi connectivity index (χ2n) is 6.06. The van der Waals surface area contributed by atoms with E-state index in [0.29, 0.717) is 23.7 Å². The van der Waals surface area contributed by atoms with Gasteiger partial charge in [0.25, 0.3) is 5.56 Å². The second-order valence-corrected chi connectivity index (χ2v) is 6.06. The number of imidazole rings is 1. The Morgan fingerprint density at radius 2 is 2.04 bits per heavy atom. The van der Waals surface area contributed by atoms with Crippen LogP contribution in [0, 0.1) is 11.8 Å². The van der Waals surface area contributed by atoms with Crippen molar-refractivity contribution in [2.75, 3.05) is 42.9 Å². The molecule has 1 saturated heterocycles. The van der Waals surface area contributed by atoms with Crippen LogP contribution in [-0.4, -0.2) is 51.8 Å². The van der Waals surface area contributed by atoms with E-state index in [-0.39, 0.29) is 5.56 Å². The minimum atomic E-state index is -0.101. The van der Waals surface area contributed by atoms with Crippen molar-refractivity contribution in [2.24, 2.45) is 7.05 Å². The van der Waals surface area contributed by atoms with Crippen molar-refractivity contribution in [3.05, 3.63) is 10.4 Å². The highest BCUT2D eigenvalue weighted by Gasteiger charge is 2.22. The first kappa shape index (κ1) is 17.3. The monoisotopic (exact) mass is 343 g/mol. The molecule has 0 radical (unpaired) electrons. The van der Waals surface area contributed by atoms with E-state index < -0.39 is 0 Å². The lowest BCUT2D eigenvalue weighted by Crippen LogP contribution is -2.44. The number of anilines is 2. The molecule has 0 atom stereocenters. The SMILES string of the molecule is CC#CCn1c(N2CCNCC2)nc2nc(NCCC)n(C)c(=O)c21. The maximum atomic E-state index is 12.9. The average Bonchev–Trinajstić information content (AvgIpc) is 3.01. The summed E-state index contributed by atoms with van der Waals surface area (Å²) >= 11 is 0. The molecular formula is C17H25N7O. The van der Waals surface area contributed by atoms with Crippen molar-refractivity contribution < 1.29 is 0 Å². The van der Waals surface area contributed by atoms with E-state index in [1.165, 1.54) is 0 Å². The fraction of sp³-hybridized carbons (Fsp3) is 0.588. The van der Waals surface area contributed by atoms with Crippen LogP contribution < -0.4 is 21.1 Å². The smallest absolute Gasteiger partial charge is 0.281 e. The van der Waals surface area contributed by atoms with Crippen molar-refractivity contribution >= 4 is 23.1 Å². The van der Waals surface area contributed by atoms with Crippen LogP contribution in [-0.2, 0) is 13.6 Å². The number of rotatable bonds is 5. The molecule has 0 aromatic carbocycles. The summed E-state index contributed by atoms with van der Waals surface area (Å²) in [6.07, 6.45) is 0.959. The topological polar surface area (TPSA) is 80.0 Å². The Hall–Kier alpha value is -2.53. The van der Waals surface area contributed by atoms with Gasteiger partial charge in [0.1, 0.15) is 0 Å². The Morgan fingerprint density at radius 3 is 2.72 bits per heavy atom. The van der Waals surface area contributed by atoms with Gasteiger partial charge < -0.3 is 15.5 Å². The predicted molar refractivity (Wildman–Crippen MR) is 100 cm³/mol. The molecule has 8 heteroatoms. The molecule has 8 nitrogen and oxygen atoms in total. The van der Waals surface area contributed by atoms with Gasteiger partial charge >= 0.3 is 0 Å². The van der Waals surface area contributed by atoms with Gasteiger partial charge in [-0.15, -0.1) is 5.92 Å². The molecule has 2 N–H and O–H groups in total. The summed E-state index contributed by atoms with van der Waals surface area (Å²) in [5.41, 5.74) is 0.893. The Labute approximate surface area is 147 Å². The molecule has 0 unspecified atom stereocenters. The van der Waals surface area contributed by atoms with Crippen LogP contribution in [0.3, 0.4) is 0 Å². The maximum absolute atomic E-state index is 12.9. The molecule has 3 heterocycles. The van der Waals surface area contributed by atoms with Crippen LogP contribution >= 0.6 is 0 Å². The zero-order valence-electron chi connectivity index (χ0n) is 15.1. The van der Waals surface area contributed by atoms with Gasteiger partial charge in [0.15, 0.2) is 11.2 Å². The second kappa shape index (κ2) is 7.57. The minimum Gasteiger partial charge on any atom is -0.356 e. The lowest BCUT2D eigenvalue weighted by atomic mass is 10.4. The van der Waals surface area contributed by atoms with Gasteiger partial charge in [0.2, 0.25) is 11.9 Å². The molecule has 134 valence electrons. The number of hydrogen-bond donors (Lipinski definition) is 2. The molecular weight excluding hydrogens is 318 g/mol. The zero-order chi connectivity index (χ0) is 17.8. The summed E-state index contributed by atoms with van der Waals surface area (Å²) in [5.74, 6) is 7.29. The highest BCUT2D eigenvalue weighted by Crippen LogP contribution is 2.20. The van der Waals surface area contributed by atoms with E-state index in [1.54, 1.807) is 18.5 Å². The first-order valence-corrected chi connectivity index (χ1v) is 8.73. The predicted octanol–water partition coefficient (Wildman–Crippen LogP) is 0.385. The van der Waals surface area contributed by atoms with E-state index in [9.17, 15) is 4.79 Å². The third-order valence-electron chi connectivity index (χ3n) is 4.31. The van der Waals surface area contributed by atoms with Crippen molar-refractivity contribution in [1.82, 2.24) is 24.4 Å². The first-order valence-electron chi connectivity index (χ1n) is 8.73. The molecule has 1 fully saturated rings. The zero-order valence-corrected chi connectivity index (χ0v) is 15.1. The molecule has 0 amide bonds. The molecule has 0 bridgehead atoms. The Balaban J connectivity index is 2.15.